The van der Waals surface area contributed by atoms with E-state index in [4.69, 9.17) is 0 Å². The van der Waals surface area contributed by atoms with E-state index in [9.17, 15) is 4.79 Å². The Morgan fingerprint density at radius 2 is 2.50 bits per heavy atom. The molecule has 1 saturated heterocycles. The van der Waals surface area contributed by atoms with Crippen molar-refractivity contribution < 1.29 is 4.79 Å². The quantitative estimate of drug-likeness (QED) is 0.869. The lowest BCUT2D eigenvalue weighted by atomic mass is 9.94. The molecule has 5 heteroatoms. The molecular formula is C13H21N3OS. The average molecular weight is 267 g/mol. The van der Waals surface area contributed by atoms with Crippen LogP contribution < -0.4 is 10.6 Å². The highest BCUT2D eigenvalue weighted by Crippen LogP contribution is 2.15. The Morgan fingerprint density at radius 1 is 1.67 bits per heavy atom. The van der Waals surface area contributed by atoms with E-state index in [2.05, 4.69) is 22.5 Å². The molecule has 2 N–H and O–H groups in total. The first-order chi connectivity index (χ1) is 8.65. The van der Waals surface area contributed by atoms with E-state index in [1.165, 1.54) is 6.42 Å². The van der Waals surface area contributed by atoms with Crippen molar-refractivity contribution in [2.75, 3.05) is 13.1 Å². The first-order valence-corrected chi connectivity index (χ1v) is 7.45. The number of carbonyl (C=O) groups is 1. The number of thiazole rings is 1. The number of hydrogen-bond acceptors (Lipinski definition) is 4. The van der Waals surface area contributed by atoms with Gasteiger partial charge in [0.2, 0.25) is 5.91 Å². The SMILES string of the molecule is Cc1csc(CCNC(=O)C2CC(C)CCN2)n1. The summed E-state index contributed by atoms with van der Waals surface area (Å²) < 4.78 is 0. The van der Waals surface area contributed by atoms with Gasteiger partial charge in [-0.25, -0.2) is 4.98 Å². The average Bonchev–Trinajstić information content (AvgIpc) is 2.75. The fourth-order valence-corrected chi connectivity index (χ4v) is 3.02. The fourth-order valence-electron chi connectivity index (χ4n) is 2.24. The van der Waals surface area contributed by atoms with Crippen molar-refractivity contribution in [1.82, 2.24) is 15.6 Å². The molecule has 1 aromatic rings. The molecule has 1 aliphatic heterocycles. The molecule has 1 amide bonds. The molecule has 0 radical (unpaired) electrons. The summed E-state index contributed by atoms with van der Waals surface area (Å²) in [4.78, 5) is 16.3. The first-order valence-electron chi connectivity index (χ1n) is 6.57. The largest absolute Gasteiger partial charge is 0.354 e. The molecule has 1 aromatic heterocycles. The van der Waals surface area contributed by atoms with Crippen molar-refractivity contribution in [3.8, 4) is 0 Å². The van der Waals surface area contributed by atoms with Crippen LogP contribution in [0.15, 0.2) is 5.38 Å². The van der Waals surface area contributed by atoms with Crippen LogP contribution in [0.5, 0.6) is 0 Å². The molecule has 0 aliphatic carbocycles. The van der Waals surface area contributed by atoms with Crippen LogP contribution in [0.1, 0.15) is 30.5 Å². The van der Waals surface area contributed by atoms with Crippen LogP contribution in [0.25, 0.3) is 0 Å². The number of nitrogens with one attached hydrogen (secondary N) is 2. The zero-order valence-electron chi connectivity index (χ0n) is 11.0. The van der Waals surface area contributed by atoms with Gasteiger partial charge in [-0.3, -0.25) is 4.79 Å². The lowest BCUT2D eigenvalue weighted by Crippen LogP contribution is -2.48. The summed E-state index contributed by atoms with van der Waals surface area (Å²) >= 11 is 1.66. The van der Waals surface area contributed by atoms with E-state index in [1.807, 2.05) is 12.3 Å². The molecule has 18 heavy (non-hydrogen) atoms. The van der Waals surface area contributed by atoms with E-state index in [0.29, 0.717) is 12.5 Å². The van der Waals surface area contributed by atoms with Gasteiger partial charge in [0.25, 0.3) is 0 Å². The van der Waals surface area contributed by atoms with Gasteiger partial charge in [0, 0.05) is 24.0 Å². The molecule has 2 rings (SSSR count). The number of aryl methyl sites for hydroxylation is 1. The number of hydrogen-bond donors (Lipinski definition) is 2. The standard InChI is InChI=1S/C13H21N3OS/c1-9-3-5-14-11(7-9)13(17)15-6-4-12-16-10(2)8-18-12/h8-9,11,14H,3-7H2,1-2H3,(H,15,17). The van der Waals surface area contributed by atoms with E-state index >= 15 is 0 Å². The van der Waals surface area contributed by atoms with Crippen LogP contribution in [-0.2, 0) is 11.2 Å². The maximum absolute atomic E-state index is 11.9. The van der Waals surface area contributed by atoms with Gasteiger partial charge in [-0.2, -0.15) is 0 Å². The number of aromatic nitrogens is 1. The molecule has 1 aliphatic rings. The maximum atomic E-state index is 11.9. The monoisotopic (exact) mass is 267 g/mol. The van der Waals surface area contributed by atoms with Crippen molar-refractivity contribution in [3.63, 3.8) is 0 Å². The highest BCUT2D eigenvalue weighted by molar-refractivity contribution is 7.09. The zero-order valence-corrected chi connectivity index (χ0v) is 11.8. The van der Waals surface area contributed by atoms with Gasteiger partial charge >= 0.3 is 0 Å². The third-order valence-corrected chi connectivity index (χ3v) is 4.31. The maximum Gasteiger partial charge on any atom is 0.237 e. The Morgan fingerprint density at radius 3 is 3.17 bits per heavy atom. The van der Waals surface area contributed by atoms with E-state index < -0.39 is 0 Å². The smallest absolute Gasteiger partial charge is 0.237 e. The molecule has 0 spiro atoms. The molecule has 100 valence electrons. The second-order valence-electron chi connectivity index (χ2n) is 5.06. The summed E-state index contributed by atoms with van der Waals surface area (Å²) in [6.07, 6.45) is 2.94. The van der Waals surface area contributed by atoms with Crippen LogP contribution in [0, 0.1) is 12.8 Å². The van der Waals surface area contributed by atoms with Gasteiger partial charge < -0.3 is 10.6 Å². The number of amides is 1. The Labute approximate surface area is 112 Å². The van der Waals surface area contributed by atoms with E-state index in [1.54, 1.807) is 11.3 Å². The Bertz CT molecular complexity index is 405. The molecular weight excluding hydrogens is 246 g/mol. The topological polar surface area (TPSA) is 54.0 Å². The minimum Gasteiger partial charge on any atom is -0.354 e. The van der Waals surface area contributed by atoms with Crippen molar-refractivity contribution in [3.05, 3.63) is 16.1 Å². The summed E-state index contributed by atoms with van der Waals surface area (Å²) in [7, 11) is 0. The number of carbonyl (C=O) groups excluding carboxylic acids is 1. The Hall–Kier alpha value is -0.940. The minimum atomic E-state index is -0.00761. The summed E-state index contributed by atoms with van der Waals surface area (Å²) in [5.74, 6) is 0.776. The Kier molecular flexibility index (Phi) is 4.72. The van der Waals surface area contributed by atoms with Crippen molar-refractivity contribution in [1.29, 1.82) is 0 Å². The molecule has 0 bridgehead atoms. The van der Waals surface area contributed by atoms with Gasteiger partial charge in [0.1, 0.15) is 0 Å². The zero-order chi connectivity index (χ0) is 13.0. The predicted molar refractivity (Wildman–Crippen MR) is 73.8 cm³/mol. The summed E-state index contributed by atoms with van der Waals surface area (Å²) in [6.45, 7) is 5.83. The molecule has 0 aromatic carbocycles. The number of rotatable bonds is 4. The normalized spacial score (nSPS) is 23.9. The van der Waals surface area contributed by atoms with Crippen molar-refractivity contribution >= 4 is 17.2 Å². The van der Waals surface area contributed by atoms with Crippen LogP contribution in [0.4, 0.5) is 0 Å². The van der Waals surface area contributed by atoms with Crippen molar-refractivity contribution in [2.45, 2.75) is 39.2 Å². The lowest BCUT2D eigenvalue weighted by molar-refractivity contribution is -0.123. The number of piperidine rings is 1. The minimum absolute atomic E-state index is 0.00761. The molecule has 2 heterocycles. The highest BCUT2D eigenvalue weighted by atomic mass is 32.1. The van der Waals surface area contributed by atoms with Gasteiger partial charge in [-0.15, -0.1) is 11.3 Å². The lowest BCUT2D eigenvalue weighted by Gasteiger charge is -2.27. The van der Waals surface area contributed by atoms with Gasteiger partial charge in [0.15, 0.2) is 0 Å². The third-order valence-electron chi connectivity index (χ3n) is 3.29. The van der Waals surface area contributed by atoms with Crippen LogP contribution in [0.2, 0.25) is 0 Å². The van der Waals surface area contributed by atoms with Gasteiger partial charge in [-0.1, -0.05) is 6.92 Å². The van der Waals surface area contributed by atoms with E-state index in [-0.39, 0.29) is 11.9 Å². The van der Waals surface area contributed by atoms with Gasteiger partial charge in [-0.05, 0) is 32.2 Å². The molecule has 2 atom stereocenters. The highest BCUT2D eigenvalue weighted by Gasteiger charge is 2.23. The van der Waals surface area contributed by atoms with E-state index in [0.717, 1.165) is 30.1 Å². The molecule has 4 nitrogen and oxygen atoms in total. The van der Waals surface area contributed by atoms with Gasteiger partial charge in [0.05, 0.1) is 11.0 Å². The van der Waals surface area contributed by atoms with Crippen LogP contribution in [-0.4, -0.2) is 30.0 Å². The molecule has 2 unspecified atom stereocenters. The Balaban J connectivity index is 1.71. The van der Waals surface area contributed by atoms with Crippen LogP contribution in [0.3, 0.4) is 0 Å². The molecule has 1 fully saturated rings. The summed E-state index contributed by atoms with van der Waals surface area (Å²) in [6, 6.07) is -0.00761. The summed E-state index contributed by atoms with van der Waals surface area (Å²) in [5.41, 5.74) is 1.06. The first kappa shape index (κ1) is 13.5. The molecule has 0 saturated carbocycles. The predicted octanol–water partition coefficient (Wildman–Crippen LogP) is 1.50. The van der Waals surface area contributed by atoms with Crippen LogP contribution >= 0.6 is 11.3 Å². The fraction of sp³-hybridized carbons (Fsp3) is 0.692. The number of nitrogens with zero attached hydrogens (tertiary/aromatic N) is 1. The second kappa shape index (κ2) is 6.29. The second-order valence-corrected chi connectivity index (χ2v) is 6.00. The third kappa shape index (κ3) is 3.78. The summed E-state index contributed by atoms with van der Waals surface area (Å²) in [5, 5.41) is 9.41. The van der Waals surface area contributed by atoms with Crippen molar-refractivity contribution in [2.24, 2.45) is 5.92 Å².